The first-order valence-corrected chi connectivity index (χ1v) is 5.12. The van der Waals surface area contributed by atoms with Gasteiger partial charge in [0, 0.05) is 12.3 Å². The van der Waals surface area contributed by atoms with Crippen molar-refractivity contribution in [3.8, 4) is 0 Å². The van der Waals surface area contributed by atoms with Crippen LogP contribution in [-0.4, -0.2) is 5.78 Å². The van der Waals surface area contributed by atoms with Crippen molar-refractivity contribution < 1.29 is 4.79 Å². The van der Waals surface area contributed by atoms with Crippen LogP contribution in [0.3, 0.4) is 0 Å². The van der Waals surface area contributed by atoms with Gasteiger partial charge in [-0.3, -0.25) is 4.79 Å². The summed E-state index contributed by atoms with van der Waals surface area (Å²) in [5.74, 6) is 0.620. The summed E-state index contributed by atoms with van der Waals surface area (Å²) in [5.41, 5.74) is 0. The molecule has 0 aromatic carbocycles. The molecule has 1 aliphatic carbocycles. The average molecular weight is 178 g/mol. The lowest BCUT2D eigenvalue weighted by molar-refractivity contribution is -0.117. The van der Waals surface area contributed by atoms with Gasteiger partial charge < -0.3 is 0 Å². The predicted octanol–water partition coefficient (Wildman–Crippen LogP) is 3.27. The van der Waals surface area contributed by atoms with Crippen LogP contribution in [0.1, 0.15) is 39.0 Å². The standard InChI is InChI=1S/C12H18O/c1-11(13)10-12-8-6-4-2-3-5-7-9-12/h6-9,12H,2-5,10H2,1H3/b8-6-,9-7-. The van der Waals surface area contributed by atoms with Crippen LogP contribution in [0, 0.1) is 5.92 Å². The number of carbonyl (C=O) groups excluding carboxylic acids is 1. The highest BCUT2D eigenvalue weighted by molar-refractivity contribution is 5.76. The lowest BCUT2D eigenvalue weighted by Gasteiger charge is -2.03. The van der Waals surface area contributed by atoms with Gasteiger partial charge in [0.1, 0.15) is 5.78 Å². The number of Topliss-reactive ketones (excluding diaryl/α,β-unsaturated/α-hetero) is 1. The summed E-state index contributed by atoms with van der Waals surface area (Å²) >= 11 is 0. The van der Waals surface area contributed by atoms with Crippen LogP contribution < -0.4 is 0 Å². The molecule has 0 aromatic heterocycles. The largest absolute Gasteiger partial charge is 0.300 e. The highest BCUT2D eigenvalue weighted by Gasteiger charge is 2.04. The normalized spacial score (nSPS) is 24.1. The molecule has 0 saturated heterocycles. The first kappa shape index (κ1) is 10.2. The maximum Gasteiger partial charge on any atom is 0.130 e. The Balaban J connectivity index is 2.51. The number of carbonyl (C=O) groups is 1. The summed E-state index contributed by atoms with van der Waals surface area (Å²) in [6, 6.07) is 0. The van der Waals surface area contributed by atoms with E-state index >= 15 is 0 Å². The molecule has 0 saturated carbocycles. The van der Waals surface area contributed by atoms with Crippen LogP contribution in [0.2, 0.25) is 0 Å². The summed E-state index contributed by atoms with van der Waals surface area (Å²) in [6.07, 6.45) is 14.3. The topological polar surface area (TPSA) is 17.1 Å². The fourth-order valence-electron chi connectivity index (χ4n) is 1.60. The minimum Gasteiger partial charge on any atom is -0.300 e. The van der Waals surface area contributed by atoms with Crippen molar-refractivity contribution in [2.45, 2.75) is 39.0 Å². The third-order valence-electron chi connectivity index (χ3n) is 2.28. The second-order valence-corrected chi connectivity index (χ2v) is 3.71. The molecule has 0 aliphatic heterocycles. The molecule has 13 heavy (non-hydrogen) atoms. The molecular formula is C12H18O. The zero-order valence-corrected chi connectivity index (χ0v) is 8.33. The van der Waals surface area contributed by atoms with Gasteiger partial charge in [0.05, 0.1) is 0 Å². The number of ketones is 1. The second-order valence-electron chi connectivity index (χ2n) is 3.71. The first-order valence-electron chi connectivity index (χ1n) is 5.12. The fourth-order valence-corrected chi connectivity index (χ4v) is 1.60. The molecule has 0 fully saturated rings. The van der Waals surface area contributed by atoms with E-state index < -0.39 is 0 Å². The van der Waals surface area contributed by atoms with Gasteiger partial charge in [-0.25, -0.2) is 0 Å². The summed E-state index contributed by atoms with van der Waals surface area (Å²) in [6.45, 7) is 1.66. The van der Waals surface area contributed by atoms with Crippen molar-refractivity contribution in [2.75, 3.05) is 0 Å². The van der Waals surface area contributed by atoms with Gasteiger partial charge in [0.25, 0.3) is 0 Å². The monoisotopic (exact) mass is 178 g/mol. The zero-order valence-electron chi connectivity index (χ0n) is 8.33. The molecule has 0 bridgehead atoms. The Morgan fingerprint density at radius 1 is 1.23 bits per heavy atom. The van der Waals surface area contributed by atoms with Crippen LogP contribution >= 0.6 is 0 Å². The van der Waals surface area contributed by atoms with Crippen molar-refractivity contribution in [2.24, 2.45) is 5.92 Å². The van der Waals surface area contributed by atoms with Crippen LogP contribution in [0.5, 0.6) is 0 Å². The Hall–Kier alpha value is -0.850. The molecule has 72 valence electrons. The zero-order chi connectivity index (χ0) is 9.52. The number of rotatable bonds is 2. The Labute approximate surface area is 80.5 Å². The van der Waals surface area contributed by atoms with E-state index in [-0.39, 0.29) is 5.78 Å². The van der Waals surface area contributed by atoms with E-state index in [4.69, 9.17) is 0 Å². The Morgan fingerprint density at radius 3 is 2.23 bits per heavy atom. The van der Waals surface area contributed by atoms with E-state index in [1.807, 2.05) is 0 Å². The van der Waals surface area contributed by atoms with Crippen molar-refractivity contribution in [1.29, 1.82) is 0 Å². The Kier molecular flexibility index (Phi) is 4.52. The lowest BCUT2D eigenvalue weighted by Crippen LogP contribution is -1.99. The quantitative estimate of drug-likeness (QED) is 0.593. The number of hydrogen-bond donors (Lipinski definition) is 0. The van der Waals surface area contributed by atoms with Gasteiger partial charge in [0.2, 0.25) is 0 Å². The van der Waals surface area contributed by atoms with Crippen molar-refractivity contribution in [1.82, 2.24) is 0 Å². The minimum atomic E-state index is 0.276. The van der Waals surface area contributed by atoms with Gasteiger partial charge in [-0.2, -0.15) is 0 Å². The van der Waals surface area contributed by atoms with Crippen molar-refractivity contribution >= 4 is 5.78 Å². The SMILES string of the molecule is CC(=O)CC1/C=C\CCCC/C=C\1. The molecule has 0 unspecified atom stereocenters. The predicted molar refractivity (Wildman–Crippen MR) is 55.5 cm³/mol. The summed E-state index contributed by atoms with van der Waals surface area (Å²) < 4.78 is 0. The maximum atomic E-state index is 10.9. The van der Waals surface area contributed by atoms with Crippen LogP contribution in [0.4, 0.5) is 0 Å². The molecule has 1 heteroatoms. The highest BCUT2D eigenvalue weighted by Crippen LogP contribution is 2.13. The molecule has 1 aliphatic rings. The average Bonchev–Trinajstić information content (AvgIpc) is 2.17. The van der Waals surface area contributed by atoms with Gasteiger partial charge in [-0.05, 0) is 32.6 Å². The van der Waals surface area contributed by atoms with Crippen molar-refractivity contribution in [3.63, 3.8) is 0 Å². The second kappa shape index (κ2) is 5.74. The summed E-state index contributed by atoms with van der Waals surface area (Å²) in [5, 5.41) is 0. The fraction of sp³-hybridized carbons (Fsp3) is 0.583. The van der Waals surface area contributed by atoms with Gasteiger partial charge in [-0.15, -0.1) is 0 Å². The van der Waals surface area contributed by atoms with Crippen LogP contribution in [0.15, 0.2) is 24.3 Å². The molecule has 0 amide bonds. The van der Waals surface area contributed by atoms with Crippen LogP contribution in [-0.2, 0) is 4.79 Å². The summed E-state index contributed by atoms with van der Waals surface area (Å²) in [7, 11) is 0. The molecule has 0 radical (unpaired) electrons. The molecule has 1 rings (SSSR count). The molecule has 0 spiro atoms. The maximum absolute atomic E-state index is 10.9. The third kappa shape index (κ3) is 4.66. The number of hydrogen-bond acceptors (Lipinski definition) is 1. The van der Waals surface area contributed by atoms with E-state index in [9.17, 15) is 4.79 Å². The van der Waals surface area contributed by atoms with Crippen LogP contribution in [0.25, 0.3) is 0 Å². The van der Waals surface area contributed by atoms with E-state index in [2.05, 4.69) is 24.3 Å². The van der Waals surface area contributed by atoms with E-state index in [1.165, 1.54) is 12.8 Å². The van der Waals surface area contributed by atoms with Gasteiger partial charge in [-0.1, -0.05) is 24.3 Å². The summed E-state index contributed by atoms with van der Waals surface area (Å²) in [4.78, 5) is 10.9. The molecule has 1 nitrogen and oxygen atoms in total. The lowest BCUT2D eigenvalue weighted by atomic mass is 10.0. The molecule has 0 atom stereocenters. The Bertz CT molecular complexity index is 197. The number of allylic oxidation sites excluding steroid dienone is 4. The molecule has 0 aromatic rings. The molecule has 0 N–H and O–H groups in total. The van der Waals surface area contributed by atoms with E-state index in [1.54, 1.807) is 6.92 Å². The Morgan fingerprint density at radius 2 is 1.77 bits per heavy atom. The smallest absolute Gasteiger partial charge is 0.130 e. The van der Waals surface area contributed by atoms with Gasteiger partial charge >= 0.3 is 0 Å². The van der Waals surface area contributed by atoms with E-state index in [0.717, 1.165) is 12.8 Å². The minimum absolute atomic E-state index is 0.276. The van der Waals surface area contributed by atoms with Gasteiger partial charge in [0.15, 0.2) is 0 Å². The first-order chi connectivity index (χ1) is 6.29. The third-order valence-corrected chi connectivity index (χ3v) is 2.28. The molecular weight excluding hydrogens is 160 g/mol. The van der Waals surface area contributed by atoms with Crippen molar-refractivity contribution in [3.05, 3.63) is 24.3 Å². The van der Waals surface area contributed by atoms with E-state index in [0.29, 0.717) is 12.3 Å². The molecule has 0 heterocycles. The highest BCUT2D eigenvalue weighted by atomic mass is 16.1.